The molecule has 1 fully saturated rings. The van der Waals surface area contributed by atoms with Crippen LogP contribution < -0.4 is 10.6 Å². The third-order valence-corrected chi connectivity index (χ3v) is 5.10. The van der Waals surface area contributed by atoms with Gasteiger partial charge in [0, 0.05) is 41.1 Å². The second kappa shape index (κ2) is 7.62. The smallest absolute Gasteiger partial charge is 0.225 e. The van der Waals surface area contributed by atoms with Gasteiger partial charge < -0.3 is 15.2 Å². The highest BCUT2D eigenvalue weighted by Crippen LogP contribution is 2.39. The van der Waals surface area contributed by atoms with Crippen LogP contribution in [0, 0.1) is 6.92 Å². The molecule has 3 N–H and O–H groups in total. The monoisotopic (exact) mass is 401 g/mol. The second-order valence-corrected chi connectivity index (χ2v) is 7.67. The first-order valence-electron chi connectivity index (χ1n) is 10.1. The van der Waals surface area contributed by atoms with Crippen LogP contribution in [0.2, 0.25) is 0 Å². The van der Waals surface area contributed by atoms with E-state index >= 15 is 0 Å². The summed E-state index contributed by atoms with van der Waals surface area (Å²) in [4.78, 5) is 9.08. The Morgan fingerprint density at radius 2 is 1.90 bits per heavy atom. The lowest BCUT2D eigenvalue weighted by molar-refractivity contribution is 0.374. The number of aryl methyl sites for hydroxylation is 1. The predicted octanol–water partition coefficient (Wildman–Crippen LogP) is 4.96. The standard InChI is InChI=1S/C22H23N7O/c1-13-10-20(25-21-12-17(27-28-21)16-8-9-16)26-22(23-13)24-14(2)19-11-18(29-30-19)15-6-4-3-5-7-15/h3-7,10-12,14,16H,8-9H2,1-2H3,(H3,23,24,25,26,27,28). The van der Waals surface area contributed by atoms with Gasteiger partial charge in [0.15, 0.2) is 11.6 Å². The van der Waals surface area contributed by atoms with Crippen molar-refractivity contribution in [1.82, 2.24) is 25.3 Å². The maximum Gasteiger partial charge on any atom is 0.225 e. The fraction of sp³-hybridized carbons (Fsp3) is 0.273. The van der Waals surface area contributed by atoms with Crippen LogP contribution in [0.5, 0.6) is 0 Å². The summed E-state index contributed by atoms with van der Waals surface area (Å²) in [5, 5.41) is 18.2. The van der Waals surface area contributed by atoms with Gasteiger partial charge in [-0.25, -0.2) is 4.98 Å². The number of nitrogens with zero attached hydrogens (tertiary/aromatic N) is 4. The topological polar surface area (TPSA) is 105 Å². The molecule has 0 saturated heterocycles. The van der Waals surface area contributed by atoms with Crippen LogP contribution in [0.25, 0.3) is 11.3 Å². The molecular formula is C22H23N7O. The normalized spacial score (nSPS) is 14.5. The maximum atomic E-state index is 5.54. The van der Waals surface area contributed by atoms with Gasteiger partial charge in [-0.3, -0.25) is 5.10 Å². The molecule has 1 aromatic carbocycles. The van der Waals surface area contributed by atoms with Crippen LogP contribution >= 0.6 is 0 Å². The minimum atomic E-state index is -0.142. The van der Waals surface area contributed by atoms with Gasteiger partial charge in [0.05, 0.1) is 6.04 Å². The summed E-state index contributed by atoms with van der Waals surface area (Å²) in [6, 6.07) is 15.7. The van der Waals surface area contributed by atoms with E-state index in [1.54, 1.807) is 0 Å². The van der Waals surface area contributed by atoms with E-state index in [0.717, 1.165) is 28.5 Å². The van der Waals surface area contributed by atoms with E-state index in [1.165, 1.54) is 18.5 Å². The molecule has 1 atom stereocenters. The van der Waals surface area contributed by atoms with E-state index in [4.69, 9.17) is 4.52 Å². The number of hydrogen-bond acceptors (Lipinski definition) is 7. The Hall–Kier alpha value is -3.68. The molecule has 8 nitrogen and oxygen atoms in total. The first kappa shape index (κ1) is 18.4. The van der Waals surface area contributed by atoms with Crippen LogP contribution in [0.3, 0.4) is 0 Å². The summed E-state index contributed by atoms with van der Waals surface area (Å²) in [7, 11) is 0. The zero-order chi connectivity index (χ0) is 20.5. The fourth-order valence-electron chi connectivity index (χ4n) is 3.34. The molecule has 3 aromatic heterocycles. The van der Waals surface area contributed by atoms with Crippen LogP contribution in [0.4, 0.5) is 17.6 Å². The van der Waals surface area contributed by atoms with Crippen LogP contribution in [0.1, 0.15) is 48.9 Å². The van der Waals surface area contributed by atoms with Gasteiger partial charge in [0.1, 0.15) is 11.5 Å². The zero-order valence-electron chi connectivity index (χ0n) is 16.9. The SMILES string of the molecule is Cc1cc(Nc2cc(C3CC3)[nH]n2)nc(NC(C)c2cc(-c3ccccc3)no2)n1. The van der Waals surface area contributed by atoms with Gasteiger partial charge in [-0.2, -0.15) is 10.1 Å². The Morgan fingerprint density at radius 1 is 1.07 bits per heavy atom. The second-order valence-electron chi connectivity index (χ2n) is 7.67. The average molecular weight is 401 g/mol. The van der Waals surface area contributed by atoms with Gasteiger partial charge in [0.25, 0.3) is 0 Å². The van der Waals surface area contributed by atoms with E-state index in [2.05, 4.69) is 36.0 Å². The largest absolute Gasteiger partial charge is 0.359 e. The minimum Gasteiger partial charge on any atom is -0.359 e. The Bertz CT molecular complexity index is 1150. The molecule has 8 heteroatoms. The molecule has 5 rings (SSSR count). The lowest BCUT2D eigenvalue weighted by atomic mass is 10.1. The van der Waals surface area contributed by atoms with Crippen molar-refractivity contribution in [2.45, 2.75) is 38.6 Å². The van der Waals surface area contributed by atoms with E-state index < -0.39 is 0 Å². The summed E-state index contributed by atoms with van der Waals surface area (Å²) in [5.74, 6) is 3.31. The van der Waals surface area contributed by atoms with Crippen molar-refractivity contribution < 1.29 is 4.52 Å². The lowest BCUT2D eigenvalue weighted by Crippen LogP contribution is -2.10. The number of anilines is 3. The molecule has 0 amide bonds. The highest BCUT2D eigenvalue weighted by Gasteiger charge is 2.25. The molecular weight excluding hydrogens is 378 g/mol. The molecule has 0 radical (unpaired) electrons. The first-order chi connectivity index (χ1) is 14.6. The molecule has 152 valence electrons. The van der Waals surface area contributed by atoms with Crippen molar-refractivity contribution in [3.63, 3.8) is 0 Å². The van der Waals surface area contributed by atoms with Crippen molar-refractivity contribution >= 4 is 17.6 Å². The summed E-state index contributed by atoms with van der Waals surface area (Å²) in [6.45, 7) is 3.93. The van der Waals surface area contributed by atoms with Crippen LogP contribution in [-0.4, -0.2) is 25.3 Å². The molecule has 3 heterocycles. The third-order valence-electron chi connectivity index (χ3n) is 5.10. The number of aromatic nitrogens is 5. The van der Waals surface area contributed by atoms with E-state index in [-0.39, 0.29) is 6.04 Å². The highest BCUT2D eigenvalue weighted by molar-refractivity contribution is 5.59. The first-order valence-corrected chi connectivity index (χ1v) is 10.1. The average Bonchev–Trinajstić information content (AvgIpc) is 3.28. The summed E-state index contributed by atoms with van der Waals surface area (Å²) in [5.41, 5.74) is 3.84. The number of H-pyrrole nitrogens is 1. The van der Waals surface area contributed by atoms with Gasteiger partial charge in [-0.1, -0.05) is 35.5 Å². The van der Waals surface area contributed by atoms with Gasteiger partial charge in [-0.05, 0) is 26.7 Å². The van der Waals surface area contributed by atoms with Crippen LogP contribution in [0.15, 0.2) is 53.1 Å². The van der Waals surface area contributed by atoms with Crippen molar-refractivity contribution in [2.24, 2.45) is 0 Å². The number of benzene rings is 1. The van der Waals surface area contributed by atoms with E-state index in [0.29, 0.717) is 17.7 Å². The molecule has 1 unspecified atom stereocenters. The molecule has 0 aliphatic heterocycles. The van der Waals surface area contributed by atoms with Crippen molar-refractivity contribution in [1.29, 1.82) is 0 Å². The predicted molar refractivity (Wildman–Crippen MR) is 115 cm³/mol. The van der Waals surface area contributed by atoms with E-state index in [9.17, 15) is 0 Å². The molecule has 1 saturated carbocycles. The molecule has 0 bridgehead atoms. The van der Waals surface area contributed by atoms with E-state index in [1.807, 2.05) is 62.4 Å². The summed E-state index contributed by atoms with van der Waals surface area (Å²) in [6.07, 6.45) is 2.46. The van der Waals surface area contributed by atoms with Crippen LogP contribution in [-0.2, 0) is 0 Å². The Morgan fingerprint density at radius 3 is 2.70 bits per heavy atom. The number of rotatable bonds is 7. The molecule has 1 aliphatic rings. The number of hydrogen-bond donors (Lipinski definition) is 3. The van der Waals surface area contributed by atoms with Crippen molar-refractivity contribution in [2.75, 3.05) is 10.6 Å². The summed E-state index contributed by atoms with van der Waals surface area (Å²) >= 11 is 0. The highest BCUT2D eigenvalue weighted by atomic mass is 16.5. The van der Waals surface area contributed by atoms with Gasteiger partial charge in [0.2, 0.25) is 5.95 Å². The Labute approximate surface area is 174 Å². The zero-order valence-corrected chi connectivity index (χ0v) is 16.9. The third kappa shape index (κ3) is 4.03. The fourth-order valence-corrected chi connectivity index (χ4v) is 3.34. The van der Waals surface area contributed by atoms with Crippen molar-refractivity contribution in [3.05, 3.63) is 65.7 Å². The maximum absolute atomic E-state index is 5.54. The quantitative estimate of drug-likeness (QED) is 0.402. The number of nitrogens with one attached hydrogen (secondary N) is 3. The Kier molecular flexibility index (Phi) is 4.66. The minimum absolute atomic E-state index is 0.142. The van der Waals surface area contributed by atoms with Gasteiger partial charge in [-0.15, -0.1) is 0 Å². The molecule has 30 heavy (non-hydrogen) atoms. The van der Waals surface area contributed by atoms with Gasteiger partial charge >= 0.3 is 0 Å². The summed E-state index contributed by atoms with van der Waals surface area (Å²) < 4.78 is 5.54. The van der Waals surface area contributed by atoms with Crippen molar-refractivity contribution in [3.8, 4) is 11.3 Å². The number of aromatic amines is 1. The molecule has 4 aromatic rings. The molecule has 0 spiro atoms. The Balaban J connectivity index is 1.30. The lowest BCUT2D eigenvalue weighted by Gasteiger charge is -2.12. The molecule has 1 aliphatic carbocycles.